The molecule has 4 saturated carbocycles. The van der Waals surface area contributed by atoms with Crippen LogP contribution in [0.15, 0.2) is 0 Å². The molecule has 4 heteroatoms. The molecule has 0 unspecified atom stereocenters. The average molecular weight is 419 g/mol. The van der Waals surface area contributed by atoms with Crippen molar-refractivity contribution in [2.45, 2.75) is 91.6 Å². The molecule has 0 aliphatic heterocycles. The monoisotopic (exact) mass is 418 g/mol. The number of hydrogen-bond acceptors (Lipinski definition) is 4. The lowest BCUT2D eigenvalue weighted by Gasteiger charge is -2.62. The Hall–Kier alpha value is -0.900. The molecule has 0 aromatic rings. The summed E-state index contributed by atoms with van der Waals surface area (Å²) >= 11 is 0. The van der Waals surface area contributed by atoms with Gasteiger partial charge in [-0.1, -0.05) is 27.7 Å². The highest BCUT2D eigenvalue weighted by molar-refractivity contribution is 5.86. The highest BCUT2D eigenvalue weighted by Gasteiger charge is 2.65. The maximum absolute atomic E-state index is 13.9. The number of Topliss-reactive ketones (excluding diaryl/α,β-unsaturated/α-hetero) is 1. The second-order valence-electron chi connectivity index (χ2n) is 11.7. The first kappa shape index (κ1) is 22.3. The van der Waals surface area contributed by atoms with Crippen LogP contribution in [0.2, 0.25) is 0 Å². The summed E-state index contributed by atoms with van der Waals surface area (Å²) in [4.78, 5) is 25.9. The van der Waals surface area contributed by atoms with Crippen molar-refractivity contribution in [1.29, 1.82) is 0 Å². The molecule has 4 aliphatic carbocycles. The lowest BCUT2D eigenvalue weighted by molar-refractivity contribution is -0.173. The summed E-state index contributed by atoms with van der Waals surface area (Å²) in [6.45, 7) is 9.25. The van der Waals surface area contributed by atoms with Crippen molar-refractivity contribution in [3.8, 4) is 0 Å². The number of carbonyl (C=O) groups excluding carboxylic acids is 2. The quantitative estimate of drug-likeness (QED) is 0.651. The van der Waals surface area contributed by atoms with Gasteiger partial charge in [-0.05, 0) is 91.8 Å². The van der Waals surface area contributed by atoms with E-state index in [0.717, 1.165) is 44.9 Å². The molecule has 1 N–H and O–H groups in total. The van der Waals surface area contributed by atoms with E-state index in [1.165, 1.54) is 13.5 Å². The molecule has 0 spiro atoms. The van der Waals surface area contributed by atoms with E-state index >= 15 is 0 Å². The lowest BCUT2D eigenvalue weighted by Crippen LogP contribution is -2.60. The summed E-state index contributed by atoms with van der Waals surface area (Å²) in [7, 11) is 1.48. The summed E-state index contributed by atoms with van der Waals surface area (Å²) in [5.41, 5.74) is 0.343. The Balaban J connectivity index is 1.64. The van der Waals surface area contributed by atoms with E-state index in [4.69, 9.17) is 4.74 Å². The van der Waals surface area contributed by atoms with Crippen molar-refractivity contribution >= 4 is 11.8 Å². The zero-order valence-corrected chi connectivity index (χ0v) is 19.7. The Morgan fingerprint density at radius 3 is 2.43 bits per heavy atom. The molecule has 4 aliphatic rings. The van der Waals surface area contributed by atoms with E-state index < -0.39 is 0 Å². The number of rotatable bonds is 4. The maximum atomic E-state index is 13.9. The van der Waals surface area contributed by atoms with Crippen LogP contribution in [0.3, 0.4) is 0 Å². The largest absolute Gasteiger partial charge is 0.469 e. The van der Waals surface area contributed by atoms with Gasteiger partial charge in [0.05, 0.1) is 13.2 Å². The Bertz CT molecular complexity index is 689. The Kier molecular flexibility index (Phi) is 5.87. The highest BCUT2D eigenvalue weighted by atomic mass is 16.5. The second-order valence-corrected chi connectivity index (χ2v) is 11.7. The lowest BCUT2D eigenvalue weighted by atomic mass is 9.42. The second kappa shape index (κ2) is 7.90. The van der Waals surface area contributed by atoms with Crippen molar-refractivity contribution in [2.75, 3.05) is 7.11 Å². The van der Waals surface area contributed by atoms with Gasteiger partial charge in [0.1, 0.15) is 5.78 Å². The van der Waals surface area contributed by atoms with Crippen LogP contribution in [0.5, 0.6) is 0 Å². The minimum atomic E-state index is -0.231. The number of methoxy groups -OCH3 is 1. The predicted molar refractivity (Wildman–Crippen MR) is 117 cm³/mol. The van der Waals surface area contributed by atoms with Gasteiger partial charge in [0.2, 0.25) is 0 Å². The Morgan fingerprint density at radius 1 is 1.10 bits per heavy atom. The van der Waals surface area contributed by atoms with Crippen LogP contribution in [-0.2, 0) is 14.3 Å². The van der Waals surface area contributed by atoms with Crippen molar-refractivity contribution in [3.05, 3.63) is 0 Å². The SMILES string of the molecule is CC[C@H]1C(=O)[C@@H]2[C@H](CC[C@]3(C)[C@@H]([C@H](C)CC(=O)OC)CC[C@@H]23)[C@@]2(C)CC[C@@H](O)C[C@@H]12. The van der Waals surface area contributed by atoms with Gasteiger partial charge in [0, 0.05) is 18.3 Å². The third-order valence-electron chi connectivity index (χ3n) is 10.6. The van der Waals surface area contributed by atoms with Crippen LogP contribution >= 0.6 is 0 Å². The van der Waals surface area contributed by atoms with E-state index in [9.17, 15) is 14.7 Å². The van der Waals surface area contributed by atoms with Gasteiger partial charge in [-0.25, -0.2) is 0 Å². The van der Waals surface area contributed by atoms with Crippen molar-refractivity contribution in [2.24, 2.45) is 52.3 Å². The van der Waals surface area contributed by atoms with Crippen LogP contribution < -0.4 is 0 Å². The Labute approximate surface area is 182 Å². The molecule has 0 heterocycles. The molecular formula is C26H42O4. The number of hydrogen-bond donors (Lipinski definition) is 1. The van der Waals surface area contributed by atoms with E-state index in [2.05, 4.69) is 27.7 Å². The number of fused-ring (bicyclic) bond motifs is 5. The molecule has 170 valence electrons. The summed E-state index contributed by atoms with van der Waals surface area (Å²) in [6.07, 6.45) is 8.48. The molecule has 0 saturated heterocycles. The molecule has 30 heavy (non-hydrogen) atoms. The summed E-state index contributed by atoms with van der Waals surface area (Å²) in [5, 5.41) is 10.4. The van der Waals surface area contributed by atoms with Gasteiger partial charge < -0.3 is 9.84 Å². The van der Waals surface area contributed by atoms with Gasteiger partial charge in [0.15, 0.2) is 0 Å². The van der Waals surface area contributed by atoms with E-state index in [1.807, 2.05) is 0 Å². The van der Waals surface area contributed by atoms with E-state index in [1.54, 1.807) is 0 Å². The van der Waals surface area contributed by atoms with Gasteiger partial charge >= 0.3 is 5.97 Å². The molecule has 0 amide bonds. The highest BCUT2D eigenvalue weighted by Crippen LogP contribution is 2.68. The number of carbonyl (C=O) groups is 2. The maximum Gasteiger partial charge on any atom is 0.305 e. The molecule has 0 radical (unpaired) electrons. The molecular weight excluding hydrogens is 376 g/mol. The number of ether oxygens (including phenoxy) is 1. The smallest absolute Gasteiger partial charge is 0.305 e. The molecule has 4 nitrogen and oxygen atoms in total. The van der Waals surface area contributed by atoms with E-state index in [0.29, 0.717) is 41.8 Å². The van der Waals surface area contributed by atoms with Crippen LogP contribution in [0.25, 0.3) is 0 Å². The van der Waals surface area contributed by atoms with Crippen molar-refractivity contribution in [1.82, 2.24) is 0 Å². The molecule has 0 aromatic carbocycles. The molecule has 10 atom stereocenters. The summed E-state index contributed by atoms with van der Waals surface area (Å²) in [6, 6.07) is 0. The van der Waals surface area contributed by atoms with Crippen molar-refractivity contribution < 1.29 is 19.4 Å². The number of esters is 1. The molecule has 4 fully saturated rings. The predicted octanol–water partition coefficient (Wildman–Crippen LogP) is 5.02. The molecule has 0 bridgehead atoms. The fourth-order valence-electron chi connectivity index (χ4n) is 9.10. The number of ketones is 1. The first-order valence-electron chi connectivity index (χ1n) is 12.5. The fourth-order valence-corrected chi connectivity index (χ4v) is 9.10. The topological polar surface area (TPSA) is 63.6 Å². The van der Waals surface area contributed by atoms with Gasteiger partial charge in [-0.15, -0.1) is 0 Å². The van der Waals surface area contributed by atoms with Crippen LogP contribution in [-0.4, -0.2) is 30.1 Å². The standard InChI is InChI=1S/C26H42O4/c1-6-17-21-14-16(27)9-11-26(21,4)20-10-12-25(3)18(15(2)13-22(28)30-5)7-8-19(25)23(20)24(17)29/h15-21,23,27H,6-14H2,1-5H3/t15-,16-,17-,18-,19+,20+,21+,23+,25-,26-/m1/s1. The van der Waals surface area contributed by atoms with Gasteiger partial charge in [0.25, 0.3) is 0 Å². The first-order chi connectivity index (χ1) is 14.2. The average Bonchev–Trinajstić information content (AvgIpc) is 3.06. The third-order valence-corrected chi connectivity index (χ3v) is 10.6. The number of aliphatic hydroxyl groups excluding tert-OH is 1. The fraction of sp³-hybridized carbons (Fsp3) is 0.923. The number of aliphatic hydroxyl groups is 1. The first-order valence-corrected chi connectivity index (χ1v) is 12.5. The summed E-state index contributed by atoms with van der Waals surface area (Å²) in [5.74, 6) is 2.76. The third kappa shape index (κ3) is 3.19. The van der Waals surface area contributed by atoms with Crippen molar-refractivity contribution in [3.63, 3.8) is 0 Å². The van der Waals surface area contributed by atoms with Crippen LogP contribution in [0, 0.1) is 52.3 Å². The molecule has 0 aromatic heterocycles. The normalized spacial score (nSPS) is 49.0. The van der Waals surface area contributed by atoms with Gasteiger partial charge in [-0.2, -0.15) is 0 Å². The minimum absolute atomic E-state index is 0.111. The molecule has 4 rings (SSSR count). The summed E-state index contributed by atoms with van der Waals surface area (Å²) < 4.78 is 4.95. The zero-order valence-electron chi connectivity index (χ0n) is 19.7. The Morgan fingerprint density at radius 2 is 1.77 bits per heavy atom. The minimum Gasteiger partial charge on any atom is -0.469 e. The van der Waals surface area contributed by atoms with Crippen LogP contribution in [0.4, 0.5) is 0 Å². The van der Waals surface area contributed by atoms with E-state index in [-0.39, 0.29) is 34.7 Å². The van der Waals surface area contributed by atoms with Gasteiger partial charge in [-0.3, -0.25) is 9.59 Å². The zero-order chi connectivity index (χ0) is 21.8. The van der Waals surface area contributed by atoms with Crippen LogP contribution in [0.1, 0.15) is 85.5 Å².